The van der Waals surface area contributed by atoms with E-state index in [-0.39, 0.29) is 36.4 Å². The third-order valence-electron chi connectivity index (χ3n) is 3.09. The third kappa shape index (κ3) is 4.99. The summed E-state index contributed by atoms with van der Waals surface area (Å²) >= 11 is 0. The van der Waals surface area contributed by atoms with Crippen LogP contribution < -0.4 is 10.6 Å². The van der Waals surface area contributed by atoms with E-state index in [1.54, 1.807) is 0 Å². The molecule has 5 nitrogen and oxygen atoms in total. The maximum Gasteiger partial charge on any atom is 0.244 e. The molecule has 1 saturated heterocycles. The Kier molecular flexibility index (Phi) is 6.73. The van der Waals surface area contributed by atoms with Crippen LogP contribution in [-0.4, -0.2) is 49.0 Å². The monoisotopic (exact) mass is 366 g/mol. The molecule has 0 aromatic heterocycles. The summed E-state index contributed by atoms with van der Waals surface area (Å²) in [6.07, 6.45) is 4.70. The molecule has 0 aromatic carbocycles. The second kappa shape index (κ2) is 7.81. The van der Waals surface area contributed by atoms with E-state index < -0.39 is 0 Å². The molecule has 18 heavy (non-hydrogen) atoms. The van der Waals surface area contributed by atoms with Crippen molar-refractivity contribution in [2.75, 3.05) is 26.2 Å². The Morgan fingerprint density at radius 3 is 2.56 bits per heavy atom. The summed E-state index contributed by atoms with van der Waals surface area (Å²) in [6, 6.07) is 0.565. The zero-order valence-corrected chi connectivity index (χ0v) is 13.3. The van der Waals surface area contributed by atoms with Gasteiger partial charge in [0.15, 0.2) is 5.96 Å². The summed E-state index contributed by atoms with van der Waals surface area (Å²) in [5, 5.41) is 6.47. The molecule has 1 amide bonds. The molecule has 0 aromatic rings. The minimum Gasteiger partial charge on any atom is -0.357 e. The Morgan fingerprint density at radius 1 is 1.33 bits per heavy atom. The lowest BCUT2D eigenvalue weighted by molar-refractivity contribution is -0.128. The quantitative estimate of drug-likeness (QED) is 0.443. The Bertz CT molecular complexity index is 298. The van der Waals surface area contributed by atoms with Gasteiger partial charge in [-0.1, -0.05) is 0 Å². The molecule has 6 heteroatoms. The van der Waals surface area contributed by atoms with Gasteiger partial charge in [0, 0.05) is 25.7 Å². The first kappa shape index (κ1) is 15.5. The van der Waals surface area contributed by atoms with Gasteiger partial charge in [-0.25, -0.2) is 4.99 Å². The number of nitrogens with zero attached hydrogens (tertiary/aromatic N) is 2. The van der Waals surface area contributed by atoms with Crippen LogP contribution in [0.25, 0.3) is 0 Å². The number of carbonyl (C=O) groups excluding carboxylic acids is 1. The minimum absolute atomic E-state index is 0. The van der Waals surface area contributed by atoms with Crippen LogP contribution in [-0.2, 0) is 4.79 Å². The minimum atomic E-state index is 0. The first-order valence-electron chi connectivity index (χ1n) is 6.62. The van der Waals surface area contributed by atoms with Crippen molar-refractivity contribution in [2.45, 2.75) is 38.6 Å². The highest BCUT2D eigenvalue weighted by Crippen LogP contribution is 2.18. The van der Waals surface area contributed by atoms with Crippen LogP contribution in [0, 0.1) is 0 Å². The molecule has 0 spiro atoms. The van der Waals surface area contributed by atoms with Crippen LogP contribution in [0.2, 0.25) is 0 Å². The molecule has 2 N–H and O–H groups in total. The third-order valence-corrected chi connectivity index (χ3v) is 3.09. The van der Waals surface area contributed by atoms with Crippen molar-refractivity contribution >= 4 is 35.8 Å². The molecule has 2 aliphatic rings. The van der Waals surface area contributed by atoms with Crippen LogP contribution in [0.5, 0.6) is 0 Å². The van der Waals surface area contributed by atoms with Crippen LogP contribution in [0.15, 0.2) is 4.99 Å². The van der Waals surface area contributed by atoms with Crippen molar-refractivity contribution < 1.29 is 4.79 Å². The highest BCUT2D eigenvalue weighted by molar-refractivity contribution is 14.0. The second-order valence-corrected chi connectivity index (χ2v) is 4.70. The van der Waals surface area contributed by atoms with Gasteiger partial charge in [-0.2, -0.15) is 0 Å². The smallest absolute Gasteiger partial charge is 0.244 e. The zero-order chi connectivity index (χ0) is 12.1. The molecule has 0 atom stereocenters. The summed E-state index contributed by atoms with van der Waals surface area (Å²) in [7, 11) is 0. The number of aliphatic imine (C=N–C) groups is 1. The van der Waals surface area contributed by atoms with Gasteiger partial charge < -0.3 is 15.5 Å². The fourth-order valence-corrected chi connectivity index (χ4v) is 1.95. The summed E-state index contributed by atoms with van der Waals surface area (Å²) in [4.78, 5) is 18.1. The molecule has 0 radical (unpaired) electrons. The molecule has 2 fully saturated rings. The predicted octanol–water partition coefficient (Wildman–Crippen LogP) is 0.944. The number of amides is 1. The van der Waals surface area contributed by atoms with Crippen molar-refractivity contribution in [1.82, 2.24) is 15.5 Å². The largest absolute Gasteiger partial charge is 0.357 e. The molecule has 0 bridgehead atoms. The Labute approximate surface area is 126 Å². The molecule has 2 rings (SSSR count). The van der Waals surface area contributed by atoms with Crippen molar-refractivity contribution in [3.8, 4) is 0 Å². The van der Waals surface area contributed by atoms with Gasteiger partial charge in [-0.05, 0) is 32.6 Å². The fourth-order valence-electron chi connectivity index (χ4n) is 1.95. The van der Waals surface area contributed by atoms with Gasteiger partial charge in [-0.15, -0.1) is 24.0 Å². The highest BCUT2D eigenvalue weighted by atomic mass is 127. The number of nitrogens with one attached hydrogen (secondary N) is 2. The lowest BCUT2D eigenvalue weighted by atomic mass is 10.4. The molecular weight excluding hydrogens is 343 g/mol. The molecule has 1 aliphatic heterocycles. The average Bonchev–Trinajstić information content (AvgIpc) is 2.97. The van der Waals surface area contributed by atoms with E-state index in [0.29, 0.717) is 6.04 Å². The van der Waals surface area contributed by atoms with Gasteiger partial charge in [0.25, 0.3) is 0 Å². The van der Waals surface area contributed by atoms with Crippen LogP contribution in [0.1, 0.15) is 32.6 Å². The predicted molar refractivity (Wildman–Crippen MR) is 83.4 cm³/mol. The number of carbonyl (C=O) groups is 1. The summed E-state index contributed by atoms with van der Waals surface area (Å²) < 4.78 is 0. The van der Waals surface area contributed by atoms with E-state index in [1.165, 1.54) is 12.8 Å². The lowest BCUT2D eigenvalue weighted by Crippen LogP contribution is -2.39. The van der Waals surface area contributed by atoms with Crippen molar-refractivity contribution in [1.29, 1.82) is 0 Å². The van der Waals surface area contributed by atoms with Crippen LogP contribution in [0.3, 0.4) is 0 Å². The Morgan fingerprint density at radius 2 is 2.00 bits per heavy atom. The molecular formula is C12H23IN4O. The second-order valence-electron chi connectivity index (χ2n) is 4.70. The van der Waals surface area contributed by atoms with Gasteiger partial charge in [-0.3, -0.25) is 4.79 Å². The Hall–Kier alpha value is -0.530. The van der Waals surface area contributed by atoms with E-state index in [2.05, 4.69) is 15.6 Å². The van der Waals surface area contributed by atoms with Crippen molar-refractivity contribution in [2.24, 2.45) is 4.99 Å². The number of rotatable bonds is 4. The fraction of sp³-hybridized carbons (Fsp3) is 0.833. The van der Waals surface area contributed by atoms with E-state index in [9.17, 15) is 4.79 Å². The standard InChI is InChI=1S/C12H22N4O.HI/c1-2-13-12(15-10-5-6-10)14-9-11(17)16-7-3-4-8-16;/h10H,2-9H2,1H3,(H2,13,14,15);1H. The SMILES string of the molecule is CCNC(=NCC(=O)N1CCCC1)NC1CC1.I. The molecule has 1 aliphatic carbocycles. The molecule has 1 saturated carbocycles. The molecule has 0 unspecified atom stereocenters. The topological polar surface area (TPSA) is 56.7 Å². The summed E-state index contributed by atoms with van der Waals surface area (Å²) in [6.45, 7) is 4.94. The maximum atomic E-state index is 11.8. The number of hydrogen-bond acceptors (Lipinski definition) is 2. The molecule has 104 valence electrons. The number of likely N-dealkylation sites (tertiary alicyclic amines) is 1. The van der Waals surface area contributed by atoms with E-state index in [0.717, 1.165) is 38.4 Å². The average molecular weight is 366 g/mol. The number of guanidine groups is 1. The van der Waals surface area contributed by atoms with Crippen molar-refractivity contribution in [3.63, 3.8) is 0 Å². The van der Waals surface area contributed by atoms with Gasteiger partial charge in [0.05, 0.1) is 0 Å². The maximum absolute atomic E-state index is 11.8. The normalized spacial score (nSPS) is 19.4. The zero-order valence-electron chi connectivity index (χ0n) is 10.9. The highest BCUT2D eigenvalue weighted by Gasteiger charge is 2.22. The van der Waals surface area contributed by atoms with Gasteiger partial charge >= 0.3 is 0 Å². The van der Waals surface area contributed by atoms with Gasteiger partial charge in [0.2, 0.25) is 5.91 Å². The first-order valence-corrected chi connectivity index (χ1v) is 6.62. The summed E-state index contributed by atoms with van der Waals surface area (Å²) in [5.41, 5.74) is 0. The Balaban J connectivity index is 0.00000162. The number of hydrogen-bond donors (Lipinski definition) is 2. The van der Waals surface area contributed by atoms with Gasteiger partial charge in [0.1, 0.15) is 6.54 Å². The molecule has 1 heterocycles. The summed E-state index contributed by atoms with van der Waals surface area (Å²) in [5.74, 6) is 0.929. The van der Waals surface area contributed by atoms with Crippen LogP contribution in [0.4, 0.5) is 0 Å². The van der Waals surface area contributed by atoms with Crippen LogP contribution >= 0.6 is 24.0 Å². The first-order chi connectivity index (χ1) is 8.29. The van der Waals surface area contributed by atoms with E-state index in [1.807, 2.05) is 11.8 Å². The van der Waals surface area contributed by atoms with E-state index >= 15 is 0 Å². The van der Waals surface area contributed by atoms with E-state index in [4.69, 9.17) is 0 Å². The van der Waals surface area contributed by atoms with Crippen molar-refractivity contribution in [3.05, 3.63) is 0 Å². The lowest BCUT2D eigenvalue weighted by Gasteiger charge is -2.14. The number of halogens is 1.